The number of amides is 1. The minimum absolute atomic E-state index is 0.140. The van der Waals surface area contributed by atoms with Crippen molar-refractivity contribution in [3.05, 3.63) is 47.0 Å². The van der Waals surface area contributed by atoms with Gasteiger partial charge in [0, 0.05) is 12.1 Å². The Hall–Kier alpha value is -2.66. The molecule has 12 heteroatoms. The molecule has 0 spiro atoms. The maximum atomic E-state index is 13.0. The number of hydrogen-bond donors (Lipinski definition) is 1. The minimum Gasteiger partial charge on any atom is -0.495 e. The van der Waals surface area contributed by atoms with E-state index in [0.29, 0.717) is 10.4 Å². The van der Waals surface area contributed by atoms with Gasteiger partial charge in [0.1, 0.15) is 18.0 Å². The molecular formula is C18H18ClF3N2O5S. The molecule has 0 aromatic heterocycles. The summed E-state index contributed by atoms with van der Waals surface area (Å²) >= 11 is 6.00. The van der Waals surface area contributed by atoms with Gasteiger partial charge in [-0.3, -0.25) is 9.10 Å². The quantitative estimate of drug-likeness (QED) is 0.671. The highest BCUT2D eigenvalue weighted by Crippen LogP contribution is 2.36. The van der Waals surface area contributed by atoms with Crippen LogP contribution >= 0.6 is 11.6 Å². The molecule has 0 heterocycles. The van der Waals surface area contributed by atoms with Crippen LogP contribution in [0.1, 0.15) is 5.56 Å². The van der Waals surface area contributed by atoms with Crippen molar-refractivity contribution in [3.8, 4) is 11.5 Å². The molecule has 1 N–H and O–H groups in total. The van der Waals surface area contributed by atoms with Gasteiger partial charge in [-0.15, -0.1) is 0 Å². The molecule has 0 aliphatic heterocycles. The van der Waals surface area contributed by atoms with Crippen molar-refractivity contribution in [1.82, 2.24) is 0 Å². The molecule has 2 rings (SSSR count). The predicted octanol–water partition coefficient (Wildman–Crippen LogP) is 3.78. The largest absolute Gasteiger partial charge is 0.495 e. The van der Waals surface area contributed by atoms with Crippen molar-refractivity contribution in [3.63, 3.8) is 0 Å². The number of carbonyl (C=O) groups excluding carboxylic acids is 1. The van der Waals surface area contributed by atoms with Crippen LogP contribution in [-0.2, 0) is 21.0 Å². The number of ether oxygens (including phenoxy) is 2. The second-order valence-electron chi connectivity index (χ2n) is 6.05. The van der Waals surface area contributed by atoms with Gasteiger partial charge in [0.25, 0.3) is 0 Å². The Kier molecular flexibility index (Phi) is 7.09. The van der Waals surface area contributed by atoms with Gasteiger partial charge < -0.3 is 14.8 Å². The van der Waals surface area contributed by atoms with Crippen molar-refractivity contribution in [2.45, 2.75) is 6.18 Å². The smallest absolute Gasteiger partial charge is 0.416 e. The van der Waals surface area contributed by atoms with Crippen LogP contribution in [0.3, 0.4) is 0 Å². The predicted molar refractivity (Wildman–Crippen MR) is 107 cm³/mol. The minimum atomic E-state index is -4.67. The topological polar surface area (TPSA) is 84.9 Å². The first-order chi connectivity index (χ1) is 13.9. The molecule has 30 heavy (non-hydrogen) atoms. The molecule has 0 bridgehead atoms. The highest BCUT2D eigenvalue weighted by Gasteiger charge is 2.32. The number of benzene rings is 2. The van der Waals surface area contributed by atoms with Gasteiger partial charge >= 0.3 is 6.18 Å². The summed E-state index contributed by atoms with van der Waals surface area (Å²) in [5.41, 5.74) is -1.21. The molecule has 0 saturated heterocycles. The number of halogens is 4. The van der Waals surface area contributed by atoms with Crippen molar-refractivity contribution in [2.75, 3.05) is 36.6 Å². The van der Waals surface area contributed by atoms with Crippen LogP contribution in [0, 0.1) is 0 Å². The SMILES string of the molecule is COc1cc(NC(=O)CN(c2cccc(C(F)(F)F)c2)S(C)(=O)=O)c(OC)cc1Cl. The number of rotatable bonds is 7. The van der Waals surface area contributed by atoms with E-state index >= 15 is 0 Å². The van der Waals surface area contributed by atoms with Crippen LogP contribution in [-0.4, -0.2) is 41.3 Å². The maximum absolute atomic E-state index is 13.0. The molecule has 2 aromatic rings. The van der Waals surface area contributed by atoms with Crippen LogP contribution in [0.5, 0.6) is 11.5 Å². The first-order valence-electron chi connectivity index (χ1n) is 8.23. The van der Waals surface area contributed by atoms with E-state index in [9.17, 15) is 26.4 Å². The monoisotopic (exact) mass is 466 g/mol. The Morgan fingerprint density at radius 3 is 2.30 bits per heavy atom. The third-order valence-electron chi connectivity index (χ3n) is 3.90. The summed E-state index contributed by atoms with van der Waals surface area (Å²) < 4.78 is 74.0. The summed E-state index contributed by atoms with van der Waals surface area (Å²) in [6, 6.07) is 6.43. The van der Waals surface area contributed by atoms with Crippen molar-refractivity contribution in [1.29, 1.82) is 0 Å². The lowest BCUT2D eigenvalue weighted by atomic mass is 10.2. The fraction of sp³-hybridized carbons (Fsp3) is 0.278. The zero-order valence-corrected chi connectivity index (χ0v) is 17.7. The Morgan fingerprint density at radius 1 is 1.13 bits per heavy atom. The molecule has 0 unspecified atom stereocenters. The maximum Gasteiger partial charge on any atom is 0.416 e. The standard InChI is InChI=1S/C18H18ClF3N2O5S/c1-28-15-9-14(16(29-2)8-13(15)19)23-17(25)10-24(30(3,26)27)12-6-4-5-11(7-12)18(20,21)22/h4-9H,10H2,1-3H3,(H,23,25). The zero-order chi connectivity index (χ0) is 22.7. The van der Waals surface area contributed by atoms with Crippen LogP contribution in [0.2, 0.25) is 5.02 Å². The molecule has 2 aromatic carbocycles. The number of anilines is 2. The van der Waals surface area contributed by atoms with Gasteiger partial charge in [-0.05, 0) is 18.2 Å². The van der Waals surface area contributed by atoms with Gasteiger partial charge in [0.05, 0.1) is 42.4 Å². The van der Waals surface area contributed by atoms with Gasteiger partial charge in [0.2, 0.25) is 15.9 Å². The number of hydrogen-bond acceptors (Lipinski definition) is 5. The summed E-state index contributed by atoms with van der Waals surface area (Å²) in [7, 11) is -1.38. The second-order valence-corrected chi connectivity index (χ2v) is 8.37. The average molecular weight is 467 g/mol. The molecule has 0 aliphatic carbocycles. The first-order valence-corrected chi connectivity index (χ1v) is 10.5. The molecule has 7 nitrogen and oxygen atoms in total. The lowest BCUT2D eigenvalue weighted by molar-refractivity contribution is -0.137. The summed E-state index contributed by atoms with van der Waals surface area (Å²) in [5.74, 6) is -0.412. The lowest BCUT2D eigenvalue weighted by Crippen LogP contribution is -2.37. The fourth-order valence-corrected chi connectivity index (χ4v) is 3.59. The molecule has 0 saturated carbocycles. The second kappa shape index (κ2) is 9.00. The molecule has 0 atom stereocenters. The fourth-order valence-electron chi connectivity index (χ4n) is 2.52. The number of sulfonamides is 1. The van der Waals surface area contributed by atoms with Crippen LogP contribution in [0.15, 0.2) is 36.4 Å². The third kappa shape index (κ3) is 5.70. The van der Waals surface area contributed by atoms with Crippen LogP contribution in [0.25, 0.3) is 0 Å². The average Bonchev–Trinajstić information content (AvgIpc) is 2.65. The van der Waals surface area contributed by atoms with E-state index in [4.69, 9.17) is 21.1 Å². The Balaban J connectivity index is 2.35. The van der Waals surface area contributed by atoms with E-state index < -0.39 is 34.2 Å². The summed E-state index contributed by atoms with van der Waals surface area (Å²) in [6.07, 6.45) is -3.89. The molecule has 0 aliphatic rings. The van der Waals surface area contributed by atoms with E-state index in [1.54, 1.807) is 0 Å². The summed E-state index contributed by atoms with van der Waals surface area (Å²) in [4.78, 5) is 12.5. The van der Waals surface area contributed by atoms with Crippen LogP contribution in [0.4, 0.5) is 24.5 Å². The van der Waals surface area contributed by atoms with E-state index in [1.807, 2.05) is 0 Å². The Morgan fingerprint density at radius 2 is 1.77 bits per heavy atom. The highest BCUT2D eigenvalue weighted by molar-refractivity contribution is 7.92. The van der Waals surface area contributed by atoms with Gasteiger partial charge in [0.15, 0.2) is 0 Å². The number of alkyl halides is 3. The summed E-state index contributed by atoms with van der Waals surface area (Å²) in [6.45, 7) is -0.770. The highest BCUT2D eigenvalue weighted by atomic mass is 35.5. The molecule has 0 fully saturated rings. The molecule has 0 radical (unpaired) electrons. The Labute approximate surface area is 176 Å². The number of nitrogens with zero attached hydrogens (tertiary/aromatic N) is 1. The van der Waals surface area contributed by atoms with Crippen molar-refractivity contribution < 1.29 is 35.9 Å². The first kappa shape index (κ1) is 23.6. The van der Waals surface area contributed by atoms with Gasteiger partial charge in [-0.25, -0.2) is 8.42 Å². The molecule has 1 amide bonds. The summed E-state index contributed by atoms with van der Waals surface area (Å²) in [5, 5.41) is 2.67. The normalized spacial score (nSPS) is 11.7. The van der Waals surface area contributed by atoms with E-state index in [2.05, 4.69) is 5.32 Å². The van der Waals surface area contributed by atoms with Gasteiger partial charge in [-0.2, -0.15) is 13.2 Å². The van der Waals surface area contributed by atoms with Crippen molar-refractivity contribution in [2.24, 2.45) is 0 Å². The van der Waals surface area contributed by atoms with E-state index in [1.165, 1.54) is 26.4 Å². The number of nitrogens with one attached hydrogen (secondary N) is 1. The lowest BCUT2D eigenvalue weighted by Gasteiger charge is -2.23. The van der Waals surface area contributed by atoms with Crippen LogP contribution < -0.4 is 19.1 Å². The number of carbonyl (C=O) groups is 1. The van der Waals surface area contributed by atoms with Crippen molar-refractivity contribution >= 4 is 38.9 Å². The van der Waals surface area contributed by atoms with Gasteiger partial charge in [-0.1, -0.05) is 17.7 Å². The molecular weight excluding hydrogens is 449 g/mol. The van der Waals surface area contributed by atoms with E-state index in [-0.39, 0.29) is 27.9 Å². The Bertz CT molecular complexity index is 1040. The van der Waals surface area contributed by atoms with E-state index in [0.717, 1.165) is 24.5 Å². The zero-order valence-electron chi connectivity index (χ0n) is 16.1. The number of methoxy groups -OCH3 is 2. The third-order valence-corrected chi connectivity index (χ3v) is 5.33. The molecule has 164 valence electrons.